The molecule has 5 rings (SSSR count). The van der Waals surface area contributed by atoms with Gasteiger partial charge in [-0.25, -0.2) is 0 Å². The summed E-state index contributed by atoms with van der Waals surface area (Å²) in [7, 11) is 0. The molecule has 0 bridgehead atoms. The Morgan fingerprint density at radius 1 is 0.241 bits per heavy atom. The topological polar surface area (TPSA) is 132 Å². The molecule has 0 atom stereocenters. The maximum atomic E-state index is 12.3. The lowest BCUT2D eigenvalue weighted by Crippen LogP contribution is -2.40. The van der Waals surface area contributed by atoms with Crippen LogP contribution in [0.1, 0.15) is 408 Å². The fourth-order valence-corrected chi connectivity index (χ4v) is 11.9. The molecule has 512 valence electrons. The second-order valence-corrected chi connectivity index (χ2v) is 31.9. The van der Waals surface area contributed by atoms with Gasteiger partial charge in [0.05, 0.1) is 27.1 Å². The second-order valence-electron chi connectivity index (χ2n) is 31.9. The molecule has 5 fully saturated rings. The van der Waals surface area contributed by atoms with Crippen LogP contribution in [0.15, 0.2) is 0 Å². The van der Waals surface area contributed by atoms with Crippen molar-refractivity contribution in [3.8, 4) is 0 Å². The molecule has 0 heterocycles. The Hall–Kier alpha value is -2.65. The highest BCUT2D eigenvalue weighted by atomic mass is 16.6. The van der Waals surface area contributed by atoms with Crippen molar-refractivity contribution in [1.82, 2.24) is 0 Å². The summed E-state index contributed by atoms with van der Waals surface area (Å²) in [5.74, 6) is -0.0896. The summed E-state index contributed by atoms with van der Waals surface area (Å²) in [6.45, 7) is 40.7. The van der Waals surface area contributed by atoms with Crippen LogP contribution in [0.3, 0.4) is 0 Å². The molecule has 5 aliphatic rings. The molecular formula is C77H144O10. The van der Waals surface area contributed by atoms with Gasteiger partial charge in [-0.3, -0.25) is 24.0 Å². The molecule has 0 radical (unpaired) electrons. The lowest BCUT2D eigenvalue weighted by molar-refractivity contribution is -0.174. The van der Waals surface area contributed by atoms with Gasteiger partial charge in [0.15, 0.2) is 0 Å². The first-order valence-electron chi connectivity index (χ1n) is 36.8. The van der Waals surface area contributed by atoms with E-state index in [1.54, 1.807) is 0 Å². The Labute approximate surface area is 538 Å². The highest BCUT2D eigenvalue weighted by molar-refractivity contribution is 5.78. The molecule has 0 aromatic carbocycles. The number of carbonyl (C=O) groups excluding carboxylic acids is 5. The number of hydrogen-bond donors (Lipinski definition) is 0. The number of esters is 5. The van der Waals surface area contributed by atoms with Crippen LogP contribution >= 0.6 is 0 Å². The van der Waals surface area contributed by atoms with Crippen LogP contribution in [-0.2, 0) is 47.7 Å². The van der Waals surface area contributed by atoms with Crippen molar-refractivity contribution in [2.24, 2.45) is 27.1 Å². The molecule has 5 aliphatic carbocycles. The minimum absolute atomic E-state index is 0.00702. The summed E-state index contributed by atoms with van der Waals surface area (Å²) in [5.41, 5.74) is -2.72. The average Bonchev–Trinajstić information content (AvgIpc) is 3.01. The first kappa shape index (κ1) is 82.4. The highest BCUT2D eigenvalue weighted by Crippen LogP contribution is 2.40. The summed E-state index contributed by atoms with van der Waals surface area (Å²) in [4.78, 5) is 61.0. The fraction of sp³-hybridized carbons (Fsp3) is 0.935. The van der Waals surface area contributed by atoms with E-state index in [0.29, 0.717) is 0 Å². The molecule has 0 unspecified atom stereocenters. The molecule has 5 saturated carbocycles. The van der Waals surface area contributed by atoms with E-state index < -0.39 is 0 Å². The van der Waals surface area contributed by atoms with Gasteiger partial charge in [0.25, 0.3) is 0 Å². The van der Waals surface area contributed by atoms with Gasteiger partial charge in [-0.15, -0.1) is 0 Å². The maximum Gasteiger partial charge on any atom is 0.312 e. The molecule has 0 aromatic heterocycles. The van der Waals surface area contributed by atoms with Crippen LogP contribution in [0.4, 0.5) is 0 Å². The zero-order valence-corrected chi connectivity index (χ0v) is 61.3. The van der Waals surface area contributed by atoms with Gasteiger partial charge in [-0.05, 0) is 263 Å². The van der Waals surface area contributed by atoms with Crippen LogP contribution in [0.25, 0.3) is 0 Å². The second kappa shape index (κ2) is 39.7. The third-order valence-electron chi connectivity index (χ3n) is 21.9. The number of hydrogen-bond acceptors (Lipinski definition) is 10. The summed E-state index contributed by atoms with van der Waals surface area (Å²) in [5, 5.41) is 0. The predicted molar refractivity (Wildman–Crippen MR) is 364 cm³/mol. The molecule has 87 heavy (non-hydrogen) atoms. The van der Waals surface area contributed by atoms with E-state index in [1.165, 1.54) is 161 Å². The van der Waals surface area contributed by atoms with Gasteiger partial charge in [0, 0.05) is 0 Å². The zero-order chi connectivity index (χ0) is 66.1. The van der Waals surface area contributed by atoms with Crippen LogP contribution in [-0.4, -0.2) is 57.9 Å². The van der Waals surface area contributed by atoms with E-state index in [2.05, 4.69) is 48.5 Å². The molecular weight excluding hydrogens is 1080 g/mol. The maximum absolute atomic E-state index is 12.3. The lowest BCUT2D eigenvalue weighted by Gasteiger charge is -2.37. The zero-order valence-electron chi connectivity index (χ0n) is 61.3. The van der Waals surface area contributed by atoms with E-state index in [4.69, 9.17) is 23.7 Å². The fourth-order valence-electron chi connectivity index (χ4n) is 11.9. The largest absolute Gasteiger partial charge is 0.459 e. The third-order valence-corrected chi connectivity index (χ3v) is 21.9. The van der Waals surface area contributed by atoms with Gasteiger partial charge in [0.2, 0.25) is 0 Å². The van der Waals surface area contributed by atoms with Crippen molar-refractivity contribution >= 4 is 29.8 Å². The molecule has 10 nitrogen and oxygen atoms in total. The number of rotatable bonds is 17. The van der Waals surface area contributed by atoms with E-state index in [1.807, 2.05) is 90.0 Å². The van der Waals surface area contributed by atoms with E-state index >= 15 is 0 Å². The molecule has 0 saturated heterocycles. The first-order valence-corrected chi connectivity index (χ1v) is 36.8. The van der Waals surface area contributed by atoms with E-state index in [-0.39, 0.29) is 84.9 Å². The quantitative estimate of drug-likeness (QED) is 0.0788. The van der Waals surface area contributed by atoms with Crippen LogP contribution in [0.2, 0.25) is 0 Å². The summed E-state index contributed by atoms with van der Waals surface area (Å²) in [6.07, 6.45) is 48.0. The summed E-state index contributed by atoms with van der Waals surface area (Å²) >= 11 is 0. The SMILES string of the molecule is CCC(C)(C)C(=O)OC1(C)CCCCCC1.CCC(C)(C)C(=O)OC1(C)CCCCCCC1.CCC(C)(C)C(=O)OC1(C)CCCCCCCCC1.CCC1(OC(=O)C(C)(C)CC)CCCCCC1.CCC1(OC(=O)C(C)(C)CC)CCCCCCC1. The molecule has 0 aromatic rings. The van der Waals surface area contributed by atoms with Crippen molar-refractivity contribution in [1.29, 1.82) is 0 Å². The van der Waals surface area contributed by atoms with Crippen molar-refractivity contribution < 1.29 is 47.7 Å². The molecule has 0 amide bonds. The van der Waals surface area contributed by atoms with Crippen molar-refractivity contribution in [2.75, 3.05) is 0 Å². The smallest absolute Gasteiger partial charge is 0.312 e. The number of ether oxygens (including phenoxy) is 5. The average molecular weight is 1230 g/mol. The van der Waals surface area contributed by atoms with Gasteiger partial charge < -0.3 is 23.7 Å². The monoisotopic (exact) mass is 1230 g/mol. The first-order chi connectivity index (χ1) is 40.6. The van der Waals surface area contributed by atoms with Crippen molar-refractivity contribution in [3.63, 3.8) is 0 Å². The van der Waals surface area contributed by atoms with Crippen molar-refractivity contribution in [3.05, 3.63) is 0 Å². The molecule has 0 aliphatic heterocycles. The van der Waals surface area contributed by atoms with Gasteiger partial charge in [0.1, 0.15) is 28.0 Å². The minimum atomic E-state index is -0.349. The van der Waals surface area contributed by atoms with Crippen molar-refractivity contribution in [2.45, 2.75) is 436 Å². The van der Waals surface area contributed by atoms with Crippen LogP contribution in [0.5, 0.6) is 0 Å². The normalized spacial score (nSPS) is 21.2. The third kappa shape index (κ3) is 31.0. The Bertz CT molecular complexity index is 1900. The summed E-state index contributed by atoms with van der Waals surface area (Å²) < 4.78 is 29.4. The lowest BCUT2D eigenvalue weighted by atomic mass is 9.83. The van der Waals surface area contributed by atoms with Gasteiger partial charge in [-0.1, -0.05) is 145 Å². The van der Waals surface area contributed by atoms with Crippen LogP contribution < -0.4 is 0 Å². The van der Waals surface area contributed by atoms with E-state index in [0.717, 1.165) is 109 Å². The van der Waals surface area contributed by atoms with Crippen LogP contribution in [0, 0.1) is 27.1 Å². The Morgan fingerprint density at radius 3 is 0.529 bits per heavy atom. The Balaban J connectivity index is 0.000000544. The van der Waals surface area contributed by atoms with Gasteiger partial charge >= 0.3 is 29.8 Å². The predicted octanol–water partition coefficient (Wildman–Crippen LogP) is 23.1. The van der Waals surface area contributed by atoms with Gasteiger partial charge in [-0.2, -0.15) is 0 Å². The molecule has 0 spiro atoms. The molecule has 0 N–H and O–H groups in total. The van der Waals surface area contributed by atoms with E-state index in [9.17, 15) is 24.0 Å². The molecule has 10 heteroatoms. The Morgan fingerprint density at radius 2 is 0.379 bits per heavy atom. The Kier molecular flexibility index (Phi) is 37.6. The summed E-state index contributed by atoms with van der Waals surface area (Å²) in [6, 6.07) is 0. The minimum Gasteiger partial charge on any atom is -0.459 e. The number of carbonyl (C=O) groups is 5. The standard InChI is InChI=1S/C17H32O2.C16H30O2.2C15H28O2.C14H26O2/c1-5-16(2,3)15(18)19-17(4)13-11-9-7-6-8-10-12-14-17;1-5-15(3,4)14(17)18-16(6-2)12-10-8-7-9-11-13-16;1-5-14(2,3)13(16)17-15(4)11-9-7-6-8-10-12-15;1-5-14(3,4)13(16)17-15(6-2)11-9-7-8-10-12-15;1-5-13(2,3)12(15)16-14(4)10-8-6-7-9-11-14/h5-14H2,1-4H3;5-13H2,1-4H3;2*5-12H2,1-4H3;5-11H2,1-4H3. The highest BCUT2D eigenvalue weighted by Gasteiger charge is 2.41.